The smallest absolute Gasteiger partial charge is 0.223 e. The van der Waals surface area contributed by atoms with E-state index in [0.717, 1.165) is 12.1 Å². The molecule has 3 aromatic heterocycles. The summed E-state index contributed by atoms with van der Waals surface area (Å²) in [7, 11) is 0. The van der Waals surface area contributed by atoms with Crippen LogP contribution < -0.4 is 5.32 Å². The molecular formula is C21H19N5O. The Morgan fingerprint density at radius 1 is 1.00 bits per heavy atom. The van der Waals surface area contributed by atoms with Gasteiger partial charge >= 0.3 is 0 Å². The van der Waals surface area contributed by atoms with Crippen LogP contribution in [0.1, 0.15) is 18.4 Å². The lowest BCUT2D eigenvalue weighted by Crippen LogP contribution is -2.12. The van der Waals surface area contributed by atoms with Gasteiger partial charge in [0.2, 0.25) is 5.95 Å². The highest BCUT2D eigenvalue weighted by Gasteiger charge is 2.15. The lowest BCUT2D eigenvalue weighted by Gasteiger charge is -2.14. The maximum Gasteiger partial charge on any atom is 0.223 e. The molecule has 1 N–H and O–H groups in total. The molecule has 0 aliphatic carbocycles. The molecule has 0 bridgehead atoms. The number of hydrogen-bond acceptors (Lipinski definition) is 6. The molecule has 0 fully saturated rings. The van der Waals surface area contributed by atoms with Gasteiger partial charge < -0.3 is 9.73 Å². The van der Waals surface area contributed by atoms with Crippen LogP contribution in [-0.2, 0) is 0 Å². The van der Waals surface area contributed by atoms with Crippen LogP contribution >= 0.6 is 0 Å². The monoisotopic (exact) mass is 357 g/mol. The van der Waals surface area contributed by atoms with E-state index in [0.29, 0.717) is 29.0 Å². The summed E-state index contributed by atoms with van der Waals surface area (Å²) in [5.41, 5.74) is 3.44. The first kappa shape index (κ1) is 16.9. The van der Waals surface area contributed by atoms with Crippen molar-refractivity contribution in [1.82, 2.24) is 19.9 Å². The van der Waals surface area contributed by atoms with Gasteiger partial charge in [-0.05, 0) is 23.6 Å². The molecule has 0 spiro atoms. The van der Waals surface area contributed by atoms with Crippen molar-refractivity contribution in [2.75, 3.05) is 11.9 Å². The van der Waals surface area contributed by atoms with Crippen molar-refractivity contribution in [2.45, 2.75) is 12.8 Å². The van der Waals surface area contributed by atoms with Gasteiger partial charge in [0.05, 0.1) is 18.2 Å². The Bertz CT molecular complexity index is 988. The summed E-state index contributed by atoms with van der Waals surface area (Å²) in [4.78, 5) is 17.6. The second-order valence-electron chi connectivity index (χ2n) is 6.22. The molecule has 27 heavy (non-hydrogen) atoms. The standard InChI is InChI=1S/C21H19N5O/c1-15(16-6-3-2-4-7-16)12-24-21-25-13-17(18-14-22-9-10-23-18)20(26-21)19-8-5-11-27-19/h2-11,13-15H,12H2,1H3,(H,24,25,26)/t15-/m0/s1. The van der Waals surface area contributed by atoms with Crippen molar-refractivity contribution in [1.29, 1.82) is 0 Å². The van der Waals surface area contributed by atoms with E-state index in [4.69, 9.17) is 4.42 Å². The largest absolute Gasteiger partial charge is 0.463 e. The first-order valence-electron chi connectivity index (χ1n) is 8.77. The van der Waals surface area contributed by atoms with Gasteiger partial charge in [-0.15, -0.1) is 0 Å². The molecule has 4 rings (SSSR count). The van der Waals surface area contributed by atoms with Crippen LogP contribution in [-0.4, -0.2) is 26.5 Å². The quantitative estimate of drug-likeness (QED) is 0.551. The molecular weight excluding hydrogens is 338 g/mol. The van der Waals surface area contributed by atoms with Crippen LogP contribution in [0, 0.1) is 0 Å². The Hall–Kier alpha value is -3.54. The minimum atomic E-state index is 0.335. The minimum Gasteiger partial charge on any atom is -0.463 e. The van der Waals surface area contributed by atoms with E-state index in [-0.39, 0.29) is 0 Å². The van der Waals surface area contributed by atoms with Crippen molar-refractivity contribution in [3.05, 3.63) is 79.1 Å². The molecule has 0 saturated heterocycles. The van der Waals surface area contributed by atoms with E-state index >= 15 is 0 Å². The average Bonchev–Trinajstić information content (AvgIpc) is 3.28. The van der Waals surface area contributed by atoms with Gasteiger partial charge in [-0.3, -0.25) is 9.97 Å². The normalized spacial score (nSPS) is 11.9. The predicted molar refractivity (Wildman–Crippen MR) is 104 cm³/mol. The van der Waals surface area contributed by atoms with Crippen LogP contribution in [0.5, 0.6) is 0 Å². The third-order valence-corrected chi connectivity index (χ3v) is 4.32. The molecule has 6 nitrogen and oxygen atoms in total. The van der Waals surface area contributed by atoms with Crippen LogP contribution in [0.3, 0.4) is 0 Å². The SMILES string of the molecule is C[C@@H](CNc1ncc(-c2cnccn2)c(-c2ccco2)n1)c1ccccc1. The van der Waals surface area contributed by atoms with E-state index < -0.39 is 0 Å². The van der Waals surface area contributed by atoms with Crippen LogP contribution in [0.2, 0.25) is 0 Å². The molecule has 4 aromatic rings. The second kappa shape index (κ2) is 7.78. The maximum absolute atomic E-state index is 5.57. The number of aromatic nitrogens is 4. The summed E-state index contributed by atoms with van der Waals surface area (Å²) < 4.78 is 5.57. The fraction of sp³-hybridized carbons (Fsp3) is 0.143. The molecule has 0 unspecified atom stereocenters. The predicted octanol–water partition coefficient (Wildman–Crippen LogP) is 4.41. The van der Waals surface area contributed by atoms with Gasteiger partial charge in [0, 0.05) is 30.7 Å². The molecule has 6 heteroatoms. The van der Waals surface area contributed by atoms with Gasteiger partial charge in [0.1, 0.15) is 5.69 Å². The summed E-state index contributed by atoms with van der Waals surface area (Å²) in [5, 5.41) is 3.32. The second-order valence-corrected chi connectivity index (χ2v) is 6.22. The number of benzene rings is 1. The highest BCUT2D eigenvalue weighted by molar-refractivity contribution is 5.76. The van der Waals surface area contributed by atoms with E-state index in [1.54, 1.807) is 31.1 Å². The van der Waals surface area contributed by atoms with Crippen LogP contribution in [0.15, 0.2) is 77.9 Å². The van der Waals surface area contributed by atoms with E-state index in [1.807, 2.05) is 30.3 Å². The van der Waals surface area contributed by atoms with Crippen LogP contribution in [0.4, 0.5) is 5.95 Å². The topological polar surface area (TPSA) is 76.7 Å². The third kappa shape index (κ3) is 3.84. The molecule has 1 atom stereocenters. The Labute approximate surface area is 157 Å². The number of hydrogen-bond donors (Lipinski definition) is 1. The molecule has 0 aliphatic heterocycles. The maximum atomic E-state index is 5.57. The number of anilines is 1. The highest BCUT2D eigenvalue weighted by atomic mass is 16.3. The number of nitrogens with one attached hydrogen (secondary N) is 1. The fourth-order valence-electron chi connectivity index (χ4n) is 2.84. The molecule has 0 amide bonds. The zero-order valence-electron chi connectivity index (χ0n) is 14.9. The number of nitrogens with zero attached hydrogens (tertiary/aromatic N) is 4. The summed E-state index contributed by atoms with van der Waals surface area (Å²) in [5.74, 6) is 1.55. The van der Waals surface area contributed by atoms with Gasteiger partial charge in [0.15, 0.2) is 5.76 Å². The summed E-state index contributed by atoms with van der Waals surface area (Å²) in [6.45, 7) is 2.90. The Morgan fingerprint density at radius 2 is 1.89 bits per heavy atom. The first-order valence-corrected chi connectivity index (χ1v) is 8.77. The molecule has 0 radical (unpaired) electrons. The zero-order valence-corrected chi connectivity index (χ0v) is 14.9. The van der Waals surface area contributed by atoms with Gasteiger partial charge in [-0.2, -0.15) is 0 Å². The summed E-state index contributed by atoms with van der Waals surface area (Å²) >= 11 is 0. The zero-order chi connectivity index (χ0) is 18.5. The Morgan fingerprint density at radius 3 is 2.63 bits per heavy atom. The molecule has 134 valence electrons. The minimum absolute atomic E-state index is 0.335. The van der Waals surface area contributed by atoms with Crippen molar-refractivity contribution in [3.8, 4) is 22.7 Å². The van der Waals surface area contributed by atoms with Crippen molar-refractivity contribution < 1.29 is 4.42 Å². The molecule has 3 heterocycles. The number of furan rings is 1. The van der Waals surface area contributed by atoms with Crippen molar-refractivity contribution >= 4 is 5.95 Å². The Kier molecular flexibility index (Phi) is 4.87. The summed E-state index contributed by atoms with van der Waals surface area (Å²) in [6, 6.07) is 14.1. The average molecular weight is 357 g/mol. The van der Waals surface area contributed by atoms with Gasteiger partial charge in [-0.1, -0.05) is 37.3 Å². The number of rotatable bonds is 6. The summed E-state index contributed by atoms with van der Waals surface area (Å²) in [6.07, 6.45) is 8.36. The first-order chi connectivity index (χ1) is 13.3. The molecule has 0 aliphatic rings. The Balaban J connectivity index is 1.61. The van der Waals surface area contributed by atoms with E-state index in [9.17, 15) is 0 Å². The van der Waals surface area contributed by atoms with E-state index in [2.05, 4.69) is 44.3 Å². The lowest BCUT2D eigenvalue weighted by molar-refractivity contribution is 0.580. The highest BCUT2D eigenvalue weighted by Crippen LogP contribution is 2.29. The molecule has 0 saturated carbocycles. The van der Waals surface area contributed by atoms with Gasteiger partial charge in [-0.25, -0.2) is 9.97 Å². The third-order valence-electron chi connectivity index (χ3n) is 4.32. The van der Waals surface area contributed by atoms with E-state index in [1.165, 1.54) is 5.56 Å². The lowest BCUT2D eigenvalue weighted by atomic mass is 10.0. The molecule has 1 aromatic carbocycles. The van der Waals surface area contributed by atoms with Crippen LogP contribution in [0.25, 0.3) is 22.7 Å². The van der Waals surface area contributed by atoms with Crippen molar-refractivity contribution in [3.63, 3.8) is 0 Å². The van der Waals surface area contributed by atoms with Crippen molar-refractivity contribution in [2.24, 2.45) is 0 Å². The van der Waals surface area contributed by atoms with Gasteiger partial charge in [0.25, 0.3) is 0 Å². The fourth-order valence-corrected chi connectivity index (χ4v) is 2.84.